The lowest BCUT2D eigenvalue weighted by atomic mass is 10.0. The molecule has 0 unspecified atom stereocenters. The summed E-state index contributed by atoms with van der Waals surface area (Å²) in [6, 6.07) is 20.2. The quantitative estimate of drug-likeness (QED) is 0.601. The summed E-state index contributed by atoms with van der Waals surface area (Å²) < 4.78 is 2.04. The van der Waals surface area contributed by atoms with E-state index in [4.69, 9.17) is 0 Å². The summed E-state index contributed by atoms with van der Waals surface area (Å²) in [5.74, 6) is 1.45. The van der Waals surface area contributed by atoms with Crippen LogP contribution in [0.1, 0.15) is 25.3 Å². The highest BCUT2D eigenvalue weighted by Gasteiger charge is 2.15. The lowest BCUT2D eigenvalue weighted by Crippen LogP contribution is -2.29. The van der Waals surface area contributed by atoms with Crippen molar-refractivity contribution < 1.29 is 4.79 Å². The maximum Gasteiger partial charge on any atom is 0.230 e. The molecule has 0 spiro atoms. The van der Waals surface area contributed by atoms with Gasteiger partial charge in [-0.15, -0.1) is 10.2 Å². The molecule has 140 valence electrons. The van der Waals surface area contributed by atoms with Crippen LogP contribution in [-0.4, -0.2) is 33.0 Å². The Labute approximate surface area is 164 Å². The fraction of sp³-hybridized carbons (Fsp3) is 0.286. The Morgan fingerprint density at radius 3 is 2.41 bits per heavy atom. The summed E-state index contributed by atoms with van der Waals surface area (Å²) in [5, 5.41) is 12.4. The topological polar surface area (TPSA) is 59.8 Å². The summed E-state index contributed by atoms with van der Waals surface area (Å²) in [6.45, 7) is 5.55. The van der Waals surface area contributed by atoms with Gasteiger partial charge in [-0.1, -0.05) is 79.3 Å². The van der Waals surface area contributed by atoms with Gasteiger partial charge in [0.15, 0.2) is 11.0 Å². The largest absolute Gasteiger partial charge is 0.355 e. The molecule has 5 nitrogen and oxygen atoms in total. The SMILES string of the molecule is CCn1c(SCC(=O)NC[C@@H](C)c2ccccc2)nnc1-c1ccccc1. The highest BCUT2D eigenvalue weighted by Crippen LogP contribution is 2.23. The highest BCUT2D eigenvalue weighted by atomic mass is 32.2. The maximum absolute atomic E-state index is 12.2. The molecule has 0 radical (unpaired) electrons. The van der Waals surface area contributed by atoms with Gasteiger partial charge in [-0.3, -0.25) is 4.79 Å². The molecule has 0 fully saturated rings. The van der Waals surface area contributed by atoms with E-state index in [9.17, 15) is 4.79 Å². The zero-order valence-electron chi connectivity index (χ0n) is 15.6. The van der Waals surface area contributed by atoms with Crippen LogP contribution in [0.2, 0.25) is 0 Å². The van der Waals surface area contributed by atoms with Crippen molar-refractivity contribution in [2.45, 2.75) is 31.5 Å². The Kier molecular flexibility index (Phi) is 6.65. The van der Waals surface area contributed by atoms with Crippen LogP contribution in [-0.2, 0) is 11.3 Å². The molecule has 6 heteroatoms. The number of carbonyl (C=O) groups is 1. The number of benzene rings is 2. The standard InChI is InChI=1S/C21H24N4OS/c1-3-25-20(18-12-8-5-9-13-18)23-24-21(25)27-15-19(26)22-14-16(2)17-10-6-4-7-11-17/h4-13,16H,3,14-15H2,1-2H3,(H,22,26)/t16-/m1/s1. The third kappa shape index (κ3) is 4.98. The van der Waals surface area contributed by atoms with Gasteiger partial charge >= 0.3 is 0 Å². The van der Waals surface area contributed by atoms with E-state index in [1.807, 2.05) is 53.1 Å². The minimum Gasteiger partial charge on any atom is -0.355 e. The smallest absolute Gasteiger partial charge is 0.230 e. The number of carbonyl (C=O) groups excluding carboxylic acids is 1. The Bertz CT molecular complexity index is 864. The molecule has 0 aliphatic heterocycles. The molecule has 1 N–H and O–H groups in total. The Hall–Kier alpha value is -2.60. The molecule has 0 bridgehead atoms. The first-order valence-corrected chi connectivity index (χ1v) is 10.1. The molecule has 0 saturated carbocycles. The molecular formula is C21H24N4OS. The second kappa shape index (κ2) is 9.37. The molecule has 1 atom stereocenters. The highest BCUT2D eigenvalue weighted by molar-refractivity contribution is 7.99. The average Bonchev–Trinajstić information content (AvgIpc) is 3.14. The fourth-order valence-electron chi connectivity index (χ4n) is 2.83. The van der Waals surface area contributed by atoms with Crippen molar-refractivity contribution in [2.75, 3.05) is 12.3 Å². The van der Waals surface area contributed by atoms with Gasteiger partial charge in [0.25, 0.3) is 0 Å². The van der Waals surface area contributed by atoms with Gasteiger partial charge in [0, 0.05) is 18.7 Å². The summed E-state index contributed by atoms with van der Waals surface area (Å²) >= 11 is 1.42. The van der Waals surface area contributed by atoms with Crippen molar-refractivity contribution >= 4 is 17.7 Å². The van der Waals surface area contributed by atoms with Crippen molar-refractivity contribution in [3.05, 3.63) is 66.2 Å². The predicted octanol–water partition coefficient (Wildman–Crippen LogP) is 3.98. The van der Waals surface area contributed by atoms with Crippen molar-refractivity contribution in [3.63, 3.8) is 0 Å². The Morgan fingerprint density at radius 2 is 1.74 bits per heavy atom. The van der Waals surface area contributed by atoms with Gasteiger partial charge in [0.1, 0.15) is 0 Å². The average molecular weight is 381 g/mol. The van der Waals surface area contributed by atoms with Gasteiger partial charge in [0.05, 0.1) is 5.75 Å². The minimum atomic E-state index is 0.00898. The lowest BCUT2D eigenvalue weighted by molar-refractivity contribution is -0.118. The summed E-state index contributed by atoms with van der Waals surface area (Å²) in [4.78, 5) is 12.2. The second-order valence-corrected chi connectivity index (χ2v) is 7.26. The summed E-state index contributed by atoms with van der Waals surface area (Å²) in [7, 11) is 0. The van der Waals surface area contributed by atoms with Crippen molar-refractivity contribution in [1.29, 1.82) is 0 Å². The van der Waals surface area contributed by atoms with E-state index in [-0.39, 0.29) is 11.8 Å². The lowest BCUT2D eigenvalue weighted by Gasteiger charge is -2.13. The van der Waals surface area contributed by atoms with Crippen LogP contribution in [0.15, 0.2) is 65.8 Å². The number of amides is 1. The van der Waals surface area contributed by atoms with Gasteiger partial charge in [0.2, 0.25) is 5.91 Å². The van der Waals surface area contributed by atoms with Crippen molar-refractivity contribution in [1.82, 2.24) is 20.1 Å². The molecule has 27 heavy (non-hydrogen) atoms. The maximum atomic E-state index is 12.2. The first-order chi connectivity index (χ1) is 13.2. The van der Waals surface area contributed by atoms with Crippen LogP contribution in [0, 0.1) is 0 Å². The van der Waals surface area contributed by atoms with E-state index in [0.29, 0.717) is 12.3 Å². The van der Waals surface area contributed by atoms with Gasteiger partial charge < -0.3 is 9.88 Å². The van der Waals surface area contributed by atoms with Crippen molar-refractivity contribution in [3.8, 4) is 11.4 Å². The number of thioether (sulfide) groups is 1. The summed E-state index contributed by atoms with van der Waals surface area (Å²) in [5.41, 5.74) is 2.25. The van der Waals surface area contributed by atoms with Crippen LogP contribution in [0.3, 0.4) is 0 Å². The predicted molar refractivity (Wildman–Crippen MR) is 110 cm³/mol. The number of hydrogen-bond donors (Lipinski definition) is 1. The first-order valence-electron chi connectivity index (χ1n) is 9.12. The number of hydrogen-bond acceptors (Lipinski definition) is 4. The van der Waals surface area contributed by atoms with Gasteiger partial charge in [-0.05, 0) is 18.4 Å². The molecule has 1 aromatic heterocycles. The van der Waals surface area contributed by atoms with E-state index >= 15 is 0 Å². The number of nitrogens with zero attached hydrogens (tertiary/aromatic N) is 3. The molecule has 1 heterocycles. The Balaban J connectivity index is 1.55. The van der Waals surface area contributed by atoms with E-state index < -0.39 is 0 Å². The third-order valence-electron chi connectivity index (χ3n) is 4.37. The van der Waals surface area contributed by atoms with E-state index in [1.165, 1.54) is 17.3 Å². The molecule has 0 aliphatic carbocycles. The van der Waals surface area contributed by atoms with Crippen LogP contribution in [0.5, 0.6) is 0 Å². The molecule has 0 saturated heterocycles. The second-order valence-electron chi connectivity index (χ2n) is 6.32. The van der Waals surface area contributed by atoms with Crippen LogP contribution in [0.25, 0.3) is 11.4 Å². The van der Waals surface area contributed by atoms with Crippen molar-refractivity contribution in [2.24, 2.45) is 0 Å². The fourth-order valence-corrected chi connectivity index (χ4v) is 3.66. The zero-order chi connectivity index (χ0) is 19.1. The summed E-state index contributed by atoms with van der Waals surface area (Å²) in [6.07, 6.45) is 0. The van der Waals surface area contributed by atoms with Crippen LogP contribution >= 0.6 is 11.8 Å². The number of nitrogens with one attached hydrogen (secondary N) is 1. The minimum absolute atomic E-state index is 0.00898. The molecule has 0 aliphatic rings. The monoisotopic (exact) mass is 380 g/mol. The number of aromatic nitrogens is 3. The van der Waals surface area contributed by atoms with E-state index in [0.717, 1.165) is 23.1 Å². The Morgan fingerprint density at radius 1 is 1.07 bits per heavy atom. The van der Waals surface area contributed by atoms with Gasteiger partial charge in [-0.2, -0.15) is 0 Å². The number of rotatable bonds is 8. The third-order valence-corrected chi connectivity index (χ3v) is 5.34. The molecular weight excluding hydrogens is 356 g/mol. The van der Waals surface area contributed by atoms with E-state index in [1.54, 1.807) is 0 Å². The van der Waals surface area contributed by atoms with E-state index in [2.05, 4.69) is 41.5 Å². The van der Waals surface area contributed by atoms with Gasteiger partial charge in [-0.25, -0.2) is 0 Å². The normalized spacial score (nSPS) is 11.9. The van der Waals surface area contributed by atoms with Crippen LogP contribution in [0.4, 0.5) is 0 Å². The molecule has 1 amide bonds. The molecule has 3 aromatic rings. The first kappa shape index (κ1) is 19.2. The molecule has 2 aromatic carbocycles. The zero-order valence-corrected chi connectivity index (χ0v) is 16.4. The van der Waals surface area contributed by atoms with Crippen LogP contribution < -0.4 is 5.32 Å². The molecule has 3 rings (SSSR count).